The maximum atomic E-state index is 13.7. The third kappa shape index (κ3) is 6.42. The number of hydrogen-bond donors (Lipinski definition) is 2. The van der Waals surface area contributed by atoms with Crippen molar-refractivity contribution >= 4 is 66.0 Å². The number of carbonyl (C=O) groups excluding carboxylic acids is 1. The molecule has 3 aromatic rings. The Hall–Kier alpha value is -2.69. The summed E-state index contributed by atoms with van der Waals surface area (Å²) in [7, 11) is -3.08. The highest BCUT2D eigenvalue weighted by molar-refractivity contribution is 9.10. The molecule has 0 aliphatic carbocycles. The van der Waals surface area contributed by atoms with E-state index >= 15 is 0 Å². The predicted molar refractivity (Wildman–Crippen MR) is 148 cm³/mol. The molecule has 11 heteroatoms. The monoisotopic (exact) mass is 607 g/mol. The number of carboxylic acids is 1. The van der Waals surface area contributed by atoms with Gasteiger partial charge in [-0.1, -0.05) is 45.7 Å². The predicted octanol–water partition coefficient (Wildman–Crippen LogP) is 4.57. The lowest BCUT2D eigenvalue weighted by molar-refractivity contribution is -0.137. The molecule has 0 radical (unpaired) electrons. The molecule has 0 saturated carbocycles. The van der Waals surface area contributed by atoms with Crippen LogP contribution in [0.3, 0.4) is 0 Å². The van der Waals surface area contributed by atoms with E-state index in [4.69, 9.17) is 16.6 Å². The number of nitrogens with one attached hydrogen (secondary N) is 1. The van der Waals surface area contributed by atoms with Crippen LogP contribution in [0.4, 0.5) is 5.82 Å². The maximum absolute atomic E-state index is 13.7. The number of sulfone groups is 1. The molecule has 196 valence electrons. The molecule has 2 N–H and O–H groups in total. The lowest BCUT2D eigenvalue weighted by Gasteiger charge is -2.30. The third-order valence-corrected chi connectivity index (χ3v) is 9.04. The van der Waals surface area contributed by atoms with Gasteiger partial charge in [0, 0.05) is 52.4 Å². The van der Waals surface area contributed by atoms with Crippen LogP contribution in [0, 0.1) is 6.92 Å². The fourth-order valence-electron chi connectivity index (χ4n) is 4.62. The number of rotatable bonds is 8. The number of amides is 1. The van der Waals surface area contributed by atoms with E-state index in [1.54, 1.807) is 12.1 Å². The summed E-state index contributed by atoms with van der Waals surface area (Å²) in [6, 6.07) is 12.7. The second kappa shape index (κ2) is 11.4. The summed E-state index contributed by atoms with van der Waals surface area (Å²) in [6.45, 7) is 2.63. The minimum Gasteiger partial charge on any atom is -0.481 e. The second-order valence-electron chi connectivity index (χ2n) is 9.10. The third-order valence-electron chi connectivity index (χ3n) is 6.60. The number of fused-ring (bicyclic) bond motifs is 1. The van der Waals surface area contributed by atoms with Crippen LogP contribution in [-0.2, 0) is 14.6 Å². The summed E-state index contributed by atoms with van der Waals surface area (Å²) < 4.78 is 24.7. The van der Waals surface area contributed by atoms with Gasteiger partial charge in [-0.25, -0.2) is 13.4 Å². The van der Waals surface area contributed by atoms with Crippen molar-refractivity contribution in [3.05, 3.63) is 68.7 Å². The van der Waals surface area contributed by atoms with Gasteiger partial charge < -0.3 is 15.3 Å². The highest BCUT2D eigenvalue weighted by Crippen LogP contribution is 2.32. The van der Waals surface area contributed by atoms with Gasteiger partial charge >= 0.3 is 5.97 Å². The molecule has 4 rings (SSSR count). The highest BCUT2D eigenvalue weighted by atomic mass is 79.9. The minimum absolute atomic E-state index is 0.0388. The molecule has 1 amide bonds. The van der Waals surface area contributed by atoms with Gasteiger partial charge in [-0.2, -0.15) is 0 Å². The van der Waals surface area contributed by atoms with E-state index in [1.165, 1.54) is 0 Å². The number of aliphatic carboxylic acids is 1. The van der Waals surface area contributed by atoms with Crippen molar-refractivity contribution in [3.8, 4) is 0 Å². The number of benzene rings is 2. The SMILES string of the molecule is Cc1c(N2CCS(=O)(=O)CC2)nc2ccc(Br)cc2c1C(=O)NCC(CCC(=O)O)c1ccccc1Cl. The lowest BCUT2D eigenvalue weighted by atomic mass is 9.93. The van der Waals surface area contributed by atoms with E-state index in [0.29, 0.717) is 52.4 Å². The van der Waals surface area contributed by atoms with Crippen molar-refractivity contribution in [2.24, 2.45) is 0 Å². The highest BCUT2D eigenvalue weighted by Gasteiger charge is 2.27. The zero-order chi connectivity index (χ0) is 26.7. The summed E-state index contributed by atoms with van der Waals surface area (Å²) in [5.74, 6) is -0.864. The first kappa shape index (κ1) is 27.3. The summed E-state index contributed by atoms with van der Waals surface area (Å²) in [5.41, 5.74) is 2.50. The van der Waals surface area contributed by atoms with Gasteiger partial charge in [0.2, 0.25) is 0 Å². The minimum atomic E-state index is -3.08. The van der Waals surface area contributed by atoms with Gasteiger partial charge in [-0.15, -0.1) is 0 Å². The van der Waals surface area contributed by atoms with Gasteiger partial charge in [0.15, 0.2) is 9.84 Å². The molecule has 2 heterocycles. The average Bonchev–Trinajstić information content (AvgIpc) is 2.84. The molecule has 1 aliphatic heterocycles. The van der Waals surface area contributed by atoms with Crippen molar-refractivity contribution < 1.29 is 23.1 Å². The molecule has 1 aliphatic rings. The molecule has 1 unspecified atom stereocenters. The Kier molecular flexibility index (Phi) is 8.40. The van der Waals surface area contributed by atoms with E-state index < -0.39 is 15.8 Å². The Balaban J connectivity index is 1.68. The zero-order valence-corrected chi connectivity index (χ0v) is 23.4. The number of anilines is 1. The summed E-state index contributed by atoms with van der Waals surface area (Å²) >= 11 is 9.87. The zero-order valence-electron chi connectivity index (χ0n) is 20.2. The van der Waals surface area contributed by atoms with Gasteiger partial charge in [0.05, 0.1) is 22.6 Å². The second-order valence-corrected chi connectivity index (χ2v) is 12.7. The van der Waals surface area contributed by atoms with Crippen LogP contribution >= 0.6 is 27.5 Å². The van der Waals surface area contributed by atoms with E-state index in [-0.39, 0.29) is 36.3 Å². The number of pyridine rings is 1. The van der Waals surface area contributed by atoms with Crippen LogP contribution in [0.2, 0.25) is 5.02 Å². The fraction of sp³-hybridized carbons (Fsp3) is 0.346. The van der Waals surface area contributed by atoms with Crippen LogP contribution in [-0.4, -0.2) is 61.5 Å². The molecule has 0 spiro atoms. The van der Waals surface area contributed by atoms with Crippen molar-refractivity contribution in [1.29, 1.82) is 0 Å². The first-order valence-corrected chi connectivity index (χ1v) is 14.8. The maximum Gasteiger partial charge on any atom is 0.303 e. The molecule has 37 heavy (non-hydrogen) atoms. The van der Waals surface area contributed by atoms with Gasteiger partial charge in [-0.3, -0.25) is 9.59 Å². The quantitative estimate of drug-likeness (QED) is 0.385. The summed E-state index contributed by atoms with van der Waals surface area (Å²) in [4.78, 5) is 31.6. The first-order chi connectivity index (χ1) is 17.6. The number of halogens is 2. The largest absolute Gasteiger partial charge is 0.481 e. The molecular formula is C26H27BrClN3O5S. The van der Waals surface area contributed by atoms with Gasteiger partial charge in [0.1, 0.15) is 5.82 Å². The molecule has 1 saturated heterocycles. The van der Waals surface area contributed by atoms with Gasteiger partial charge in [0.25, 0.3) is 5.91 Å². The van der Waals surface area contributed by atoms with Crippen LogP contribution in [0.15, 0.2) is 46.9 Å². The van der Waals surface area contributed by atoms with Crippen molar-refractivity contribution in [2.75, 3.05) is 36.0 Å². The topological polar surface area (TPSA) is 117 Å². The smallest absolute Gasteiger partial charge is 0.303 e. The van der Waals surface area contributed by atoms with Gasteiger partial charge in [-0.05, 0) is 43.2 Å². The van der Waals surface area contributed by atoms with Crippen LogP contribution < -0.4 is 10.2 Å². The Morgan fingerprint density at radius 3 is 2.57 bits per heavy atom. The van der Waals surface area contributed by atoms with E-state index in [9.17, 15) is 23.1 Å². The molecule has 2 aromatic carbocycles. The van der Waals surface area contributed by atoms with Crippen LogP contribution in [0.5, 0.6) is 0 Å². The Bertz CT molecular complexity index is 1450. The number of aromatic nitrogens is 1. The Morgan fingerprint density at radius 2 is 1.89 bits per heavy atom. The number of carboxylic acid groups (broad SMARTS) is 1. The number of hydrogen-bond acceptors (Lipinski definition) is 6. The van der Waals surface area contributed by atoms with Crippen molar-refractivity contribution in [1.82, 2.24) is 10.3 Å². The van der Waals surface area contributed by atoms with Crippen molar-refractivity contribution in [3.63, 3.8) is 0 Å². The van der Waals surface area contributed by atoms with E-state index in [1.807, 2.05) is 42.2 Å². The Morgan fingerprint density at radius 1 is 1.19 bits per heavy atom. The lowest BCUT2D eigenvalue weighted by Crippen LogP contribution is -2.41. The first-order valence-electron chi connectivity index (χ1n) is 11.9. The number of nitrogens with zero attached hydrogens (tertiary/aromatic N) is 2. The molecule has 1 atom stereocenters. The summed E-state index contributed by atoms with van der Waals surface area (Å²) in [5, 5.41) is 13.4. The summed E-state index contributed by atoms with van der Waals surface area (Å²) in [6.07, 6.45) is 0.256. The van der Waals surface area contributed by atoms with Crippen LogP contribution in [0.25, 0.3) is 10.9 Å². The van der Waals surface area contributed by atoms with E-state index in [2.05, 4.69) is 21.2 Å². The average molecular weight is 609 g/mol. The van der Waals surface area contributed by atoms with Crippen LogP contribution in [0.1, 0.15) is 40.2 Å². The fourth-order valence-corrected chi connectivity index (χ4v) is 6.47. The number of carbonyl (C=O) groups is 2. The molecule has 1 fully saturated rings. The van der Waals surface area contributed by atoms with E-state index in [0.717, 1.165) is 10.0 Å². The van der Waals surface area contributed by atoms with Crippen molar-refractivity contribution in [2.45, 2.75) is 25.7 Å². The molecule has 0 bridgehead atoms. The molecule has 1 aromatic heterocycles. The normalized spacial score (nSPS) is 15.9. The molecular weight excluding hydrogens is 582 g/mol. The molecule has 8 nitrogen and oxygen atoms in total. The Labute approximate surface area is 229 Å². The standard InChI is InChI=1S/C26H27BrClN3O5S/c1-16-24(26(34)29-15-17(6-9-23(32)33)19-4-2-3-5-21(19)28)20-14-18(27)7-8-22(20)30-25(16)31-10-12-37(35,36)13-11-31/h2-5,7-8,14,17H,6,9-13,15H2,1H3,(H,29,34)(H,32,33).